The minimum Gasteiger partial charge on any atom is -0.393 e. The molecule has 1 aromatic heterocycles. The summed E-state index contributed by atoms with van der Waals surface area (Å²) in [5.41, 5.74) is 3.92. The van der Waals surface area contributed by atoms with Gasteiger partial charge in [-0.15, -0.1) is 0 Å². The number of hydrogen-bond acceptors (Lipinski definition) is 3. The summed E-state index contributed by atoms with van der Waals surface area (Å²) < 4.78 is 0. The number of carbonyl (C=O) groups is 1. The van der Waals surface area contributed by atoms with Gasteiger partial charge < -0.3 is 15.4 Å². The molecule has 0 bridgehead atoms. The van der Waals surface area contributed by atoms with E-state index in [-0.39, 0.29) is 24.0 Å². The van der Waals surface area contributed by atoms with E-state index >= 15 is 0 Å². The molecule has 4 rings (SSSR count). The number of amides is 1. The molecule has 1 aliphatic rings. The fourth-order valence-electron chi connectivity index (χ4n) is 3.74. The van der Waals surface area contributed by atoms with Gasteiger partial charge in [0.25, 0.3) is 0 Å². The lowest BCUT2D eigenvalue weighted by Crippen LogP contribution is -2.41. The van der Waals surface area contributed by atoms with E-state index in [0.29, 0.717) is 6.42 Å². The first-order chi connectivity index (χ1) is 12.6. The van der Waals surface area contributed by atoms with E-state index < -0.39 is 0 Å². The molecule has 2 aromatic carbocycles. The molecule has 0 spiro atoms. The Labute approximate surface area is 152 Å². The van der Waals surface area contributed by atoms with Gasteiger partial charge in [0.15, 0.2) is 0 Å². The van der Waals surface area contributed by atoms with Gasteiger partial charge in [-0.25, -0.2) is 4.98 Å². The average molecular weight is 349 g/mol. The van der Waals surface area contributed by atoms with Crippen molar-refractivity contribution in [3.8, 4) is 0 Å². The molecule has 3 aromatic rings. The normalized spacial score (nSPS) is 20.5. The molecule has 5 nitrogen and oxygen atoms in total. The van der Waals surface area contributed by atoms with Crippen LogP contribution in [0.3, 0.4) is 0 Å². The highest BCUT2D eigenvalue weighted by Crippen LogP contribution is 2.38. The summed E-state index contributed by atoms with van der Waals surface area (Å²) in [6.07, 6.45) is 1.56. The molecule has 0 radical (unpaired) electrons. The summed E-state index contributed by atoms with van der Waals surface area (Å²) in [5.74, 6) is 1.15. The minimum absolute atomic E-state index is 0.00386. The lowest BCUT2D eigenvalue weighted by atomic mass is 9.75. The molecule has 1 amide bonds. The zero-order valence-corrected chi connectivity index (χ0v) is 14.8. The Hall–Kier alpha value is -2.66. The maximum absolute atomic E-state index is 12.7. The number of imidazole rings is 1. The number of nitrogens with one attached hydrogen (secondary N) is 2. The summed E-state index contributed by atoms with van der Waals surface area (Å²) >= 11 is 0. The maximum atomic E-state index is 12.7. The van der Waals surface area contributed by atoms with E-state index in [2.05, 4.69) is 15.3 Å². The van der Waals surface area contributed by atoms with Crippen molar-refractivity contribution in [1.29, 1.82) is 0 Å². The smallest absolute Gasteiger partial charge is 0.224 e. The Balaban J connectivity index is 1.48. The number of fused-ring (bicyclic) bond motifs is 1. The van der Waals surface area contributed by atoms with Crippen LogP contribution in [0.5, 0.6) is 0 Å². The van der Waals surface area contributed by atoms with Gasteiger partial charge in [-0.1, -0.05) is 36.4 Å². The number of benzene rings is 2. The second-order valence-corrected chi connectivity index (χ2v) is 7.19. The standard InChI is InChI=1S/C21H23N3O2/c1-13-22-18-8-7-14(9-19(18)23-13)10-20(26)24-21(16-11-17(25)12-16)15-5-3-2-4-6-15/h2-9,16-17,21,25H,10-12H2,1H3,(H,22,23)(H,24,26)/t16?,17?,21-/m0/s1. The van der Waals surface area contributed by atoms with E-state index in [1.807, 2.05) is 55.5 Å². The molecule has 3 N–H and O–H groups in total. The number of rotatable bonds is 5. The van der Waals surface area contributed by atoms with Crippen molar-refractivity contribution in [3.05, 3.63) is 65.5 Å². The minimum atomic E-state index is -0.242. The van der Waals surface area contributed by atoms with Crippen molar-refractivity contribution >= 4 is 16.9 Å². The average Bonchev–Trinajstić information content (AvgIpc) is 2.97. The molecule has 1 saturated carbocycles. The van der Waals surface area contributed by atoms with Crippen LogP contribution in [0.1, 0.15) is 35.8 Å². The number of nitrogens with zero attached hydrogens (tertiary/aromatic N) is 1. The third-order valence-electron chi connectivity index (χ3n) is 5.13. The molecule has 26 heavy (non-hydrogen) atoms. The van der Waals surface area contributed by atoms with Crippen LogP contribution >= 0.6 is 0 Å². The predicted molar refractivity (Wildman–Crippen MR) is 101 cm³/mol. The van der Waals surface area contributed by atoms with Gasteiger partial charge >= 0.3 is 0 Å². The number of carbonyl (C=O) groups excluding carboxylic acids is 1. The van der Waals surface area contributed by atoms with E-state index in [4.69, 9.17) is 0 Å². The van der Waals surface area contributed by atoms with Crippen molar-refractivity contribution in [3.63, 3.8) is 0 Å². The molecule has 0 unspecified atom stereocenters. The van der Waals surface area contributed by atoms with Crippen LogP contribution in [0.4, 0.5) is 0 Å². The van der Waals surface area contributed by atoms with Gasteiger partial charge in [0.05, 0.1) is 29.6 Å². The first kappa shape index (κ1) is 16.8. The Morgan fingerprint density at radius 2 is 2.04 bits per heavy atom. The fraction of sp³-hybridized carbons (Fsp3) is 0.333. The molecular formula is C21H23N3O2. The van der Waals surface area contributed by atoms with Crippen LogP contribution in [-0.4, -0.2) is 27.1 Å². The van der Waals surface area contributed by atoms with E-state index in [9.17, 15) is 9.90 Å². The number of aryl methyl sites for hydroxylation is 1. The third kappa shape index (κ3) is 3.48. The van der Waals surface area contributed by atoms with Gasteiger partial charge in [-0.2, -0.15) is 0 Å². The molecule has 1 atom stereocenters. The lowest BCUT2D eigenvalue weighted by molar-refractivity contribution is -0.122. The highest BCUT2D eigenvalue weighted by atomic mass is 16.3. The zero-order valence-electron chi connectivity index (χ0n) is 14.8. The van der Waals surface area contributed by atoms with Crippen molar-refractivity contribution in [2.45, 2.75) is 38.3 Å². The second kappa shape index (κ2) is 6.92. The number of aromatic amines is 1. The van der Waals surface area contributed by atoms with Crippen molar-refractivity contribution < 1.29 is 9.90 Å². The Kier molecular flexibility index (Phi) is 4.47. The van der Waals surface area contributed by atoms with Crippen LogP contribution in [0.15, 0.2) is 48.5 Å². The van der Waals surface area contributed by atoms with Crippen LogP contribution in [0.25, 0.3) is 11.0 Å². The molecule has 0 aliphatic heterocycles. The van der Waals surface area contributed by atoms with E-state index in [1.54, 1.807) is 0 Å². The molecule has 5 heteroatoms. The lowest BCUT2D eigenvalue weighted by Gasteiger charge is -2.38. The topological polar surface area (TPSA) is 78.0 Å². The molecule has 1 aliphatic carbocycles. The largest absolute Gasteiger partial charge is 0.393 e. The quantitative estimate of drug-likeness (QED) is 0.662. The van der Waals surface area contributed by atoms with Gasteiger partial charge in [-0.3, -0.25) is 4.79 Å². The van der Waals surface area contributed by atoms with Crippen molar-refractivity contribution in [1.82, 2.24) is 15.3 Å². The molecule has 134 valence electrons. The Morgan fingerprint density at radius 1 is 1.27 bits per heavy atom. The van der Waals surface area contributed by atoms with Gasteiger partial charge in [-0.05, 0) is 48.9 Å². The second-order valence-electron chi connectivity index (χ2n) is 7.19. The molecule has 1 fully saturated rings. The zero-order chi connectivity index (χ0) is 18.1. The first-order valence-corrected chi connectivity index (χ1v) is 9.06. The highest BCUT2D eigenvalue weighted by molar-refractivity contribution is 5.82. The Morgan fingerprint density at radius 3 is 2.77 bits per heavy atom. The van der Waals surface area contributed by atoms with E-state index in [1.165, 1.54) is 0 Å². The number of H-pyrrole nitrogens is 1. The monoisotopic (exact) mass is 349 g/mol. The summed E-state index contributed by atoms with van der Waals surface area (Å²) in [5, 5.41) is 12.8. The number of aliphatic hydroxyl groups is 1. The van der Waals surface area contributed by atoms with Gasteiger partial charge in [0, 0.05) is 0 Å². The Bertz CT molecular complexity index is 913. The SMILES string of the molecule is Cc1nc2ccc(CC(=O)N[C@@H](c3ccccc3)C3CC(O)C3)cc2[nH]1. The molecule has 1 heterocycles. The predicted octanol–water partition coefficient (Wildman–Crippen LogP) is 3.04. The van der Waals surface area contributed by atoms with Crippen LogP contribution in [-0.2, 0) is 11.2 Å². The van der Waals surface area contributed by atoms with Crippen LogP contribution < -0.4 is 5.32 Å². The fourth-order valence-corrected chi connectivity index (χ4v) is 3.74. The van der Waals surface area contributed by atoms with Crippen molar-refractivity contribution in [2.24, 2.45) is 5.92 Å². The van der Waals surface area contributed by atoms with Gasteiger partial charge in [0.2, 0.25) is 5.91 Å². The summed E-state index contributed by atoms with van der Waals surface area (Å²) in [7, 11) is 0. The maximum Gasteiger partial charge on any atom is 0.224 e. The van der Waals surface area contributed by atoms with Gasteiger partial charge in [0.1, 0.15) is 5.82 Å². The summed E-state index contributed by atoms with van der Waals surface area (Å²) in [6.45, 7) is 1.92. The number of aromatic nitrogens is 2. The third-order valence-corrected chi connectivity index (χ3v) is 5.13. The summed E-state index contributed by atoms with van der Waals surface area (Å²) in [6, 6.07) is 15.8. The van der Waals surface area contributed by atoms with Crippen LogP contribution in [0, 0.1) is 12.8 Å². The molecule has 0 saturated heterocycles. The molecular weight excluding hydrogens is 326 g/mol. The van der Waals surface area contributed by atoms with Crippen LogP contribution in [0.2, 0.25) is 0 Å². The van der Waals surface area contributed by atoms with Crippen molar-refractivity contribution in [2.75, 3.05) is 0 Å². The summed E-state index contributed by atoms with van der Waals surface area (Å²) in [4.78, 5) is 20.3. The highest BCUT2D eigenvalue weighted by Gasteiger charge is 2.35. The number of aliphatic hydroxyl groups excluding tert-OH is 1. The van der Waals surface area contributed by atoms with E-state index in [0.717, 1.165) is 40.8 Å². The first-order valence-electron chi connectivity index (χ1n) is 9.06. The number of hydrogen-bond donors (Lipinski definition) is 3.